The monoisotopic (exact) mass is 317 g/mol. The van der Waals surface area contributed by atoms with Gasteiger partial charge in [-0.1, -0.05) is 36.8 Å². The van der Waals surface area contributed by atoms with Gasteiger partial charge in [-0.25, -0.2) is 12.7 Å². The Kier molecular flexibility index (Phi) is 4.66. The molecule has 0 saturated carbocycles. The average molecular weight is 317 g/mol. The lowest BCUT2D eigenvalue weighted by Gasteiger charge is -2.22. The zero-order chi connectivity index (χ0) is 16.3. The van der Waals surface area contributed by atoms with Crippen molar-refractivity contribution in [3.05, 3.63) is 59.7 Å². The van der Waals surface area contributed by atoms with Crippen LogP contribution in [0.4, 0.5) is 5.69 Å². The van der Waals surface area contributed by atoms with Gasteiger partial charge in [0, 0.05) is 6.42 Å². The highest BCUT2D eigenvalue weighted by atomic mass is 32.2. The predicted octanol–water partition coefficient (Wildman–Crippen LogP) is 3.44. The van der Waals surface area contributed by atoms with Crippen LogP contribution in [0.15, 0.2) is 53.4 Å². The first kappa shape index (κ1) is 16.2. The molecule has 0 aliphatic carbocycles. The number of aryl methyl sites for hydroxylation is 2. The highest BCUT2D eigenvalue weighted by molar-refractivity contribution is 7.93. The van der Waals surface area contributed by atoms with Crippen molar-refractivity contribution in [1.82, 2.24) is 0 Å². The molecule has 0 fully saturated rings. The van der Waals surface area contributed by atoms with Crippen molar-refractivity contribution in [2.24, 2.45) is 0 Å². The molecule has 116 valence electrons. The third-order valence-electron chi connectivity index (χ3n) is 3.32. The smallest absolute Gasteiger partial charge is 0.270 e. The summed E-state index contributed by atoms with van der Waals surface area (Å²) in [5, 5.41) is 0. The lowest BCUT2D eigenvalue weighted by atomic mass is 10.2. The molecule has 5 heteroatoms. The summed E-state index contributed by atoms with van der Waals surface area (Å²) in [6, 6.07) is 13.4. The SMILES string of the molecule is CCC(=O)N(c1cccc(C)c1)S(=O)(=O)c1ccc(C)cc1. The highest BCUT2D eigenvalue weighted by Crippen LogP contribution is 2.25. The van der Waals surface area contributed by atoms with Crippen molar-refractivity contribution in [3.8, 4) is 0 Å². The Labute approximate surface area is 131 Å². The molecular weight excluding hydrogens is 298 g/mol. The van der Waals surface area contributed by atoms with E-state index in [1.54, 1.807) is 37.3 Å². The molecule has 0 aromatic heterocycles. The van der Waals surface area contributed by atoms with Gasteiger partial charge in [0.15, 0.2) is 0 Å². The van der Waals surface area contributed by atoms with Crippen LogP contribution in [0.2, 0.25) is 0 Å². The van der Waals surface area contributed by atoms with E-state index >= 15 is 0 Å². The van der Waals surface area contributed by atoms with Crippen LogP contribution in [-0.2, 0) is 14.8 Å². The largest absolute Gasteiger partial charge is 0.273 e. The third kappa shape index (κ3) is 3.20. The maximum absolute atomic E-state index is 12.9. The number of rotatable bonds is 4. The summed E-state index contributed by atoms with van der Waals surface area (Å²) in [4.78, 5) is 12.4. The Balaban J connectivity index is 2.58. The Morgan fingerprint density at radius 2 is 1.64 bits per heavy atom. The minimum absolute atomic E-state index is 0.110. The van der Waals surface area contributed by atoms with Crippen LogP contribution in [-0.4, -0.2) is 14.3 Å². The fourth-order valence-electron chi connectivity index (χ4n) is 2.13. The van der Waals surface area contributed by atoms with Crippen LogP contribution in [0.1, 0.15) is 24.5 Å². The van der Waals surface area contributed by atoms with Gasteiger partial charge < -0.3 is 0 Å². The molecule has 0 N–H and O–H groups in total. The summed E-state index contributed by atoms with van der Waals surface area (Å²) >= 11 is 0. The summed E-state index contributed by atoms with van der Waals surface area (Å²) < 4.78 is 26.6. The van der Waals surface area contributed by atoms with Gasteiger partial charge >= 0.3 is 0 Å². The summed E-state index contributed by atoms with van der Waals surface area (Å²) in [5.41, 5.74) is 2.22. The molecule has 2 aromatic rings. The summed E-state index contributed by atoms with van der Waals surface area (Å²) in [5.74, 6) is -0.453. The molecule has 0 spiro atoms. The third-order valence-corrected chi connectivity index (χ3v) is 5.09. The summed E-state index contributed by atoms with van der Waals surface area (Å²) in [6.07, 6.45) is 0.110. The molecule has 2 rings (SSSR count). The summed E-state index contributed by atoms with van der Waals surface area (Å²) in [7, 11) is -3.92. The summed E-state index contributed by atoms with van der Waals surface area (Å²) in [6.45, 7) is 5.39. The minimum Gasteiger partial charge on any atom is -0.273 e. The van der Waals surface area contributed by atoms with E-state index < -0.39 is 15.9 Å². The highest BCUT2D eigenvalue weighted by Gasteiger charge is 2.29. The van der Waals surface area contributed by atoms with Crippen molar-refractivity contribution < 1.29 is 13.2 Å². The molecule has 1 amide bonds. The Bertz CT molecular complexity index is 780. The molecule has 0 heterocycles. The van der Waals surface area contributed by atoms with Gasteiger partial charge in [-0.2, -0.15) is 0 Å². The fourth-order valence-corrected chi connectivity index (χ4v) is 3.61. The quantitative estimate of drug-likeness (QED) is 0.868. The molecule has 22 heavy (non-hydrogen) atoms. The molecule has 4 nitrogen and oxygen atoms in total. The van der Waals surface area contributed by atoms with Crippen LogP contribution in [0.5, 0.6) is 0 Å². The first-order valence-electron chi connectivity index (χ1n) is 7.07. The number of hydrogen-bond acceptors (Lipinski definition) is 3. The van der Waals surface area contributed by atoms with E-state index in [1.807, 2.05) is 19.9 Å². The first-order valence-corrected chi connectivity index (χ1v) is 8.51. The molecule has 0 aliphatic heterocycles. The number of carbonyl (C=O) groups is 1. The number of anilines is 1. The van der Waals surface area contributed by atoms with Gasteiger partial charge in [0.05, 0.1) is 10.6 Å². The lowest BCUT2D eigenvalue weighted by molar-refractivity contribution is -0.117. The molecular formula is C17H19NO3S. The second-order valence-electron chi connectivity index (χ2n) is 5.17. The van der Waals surface area contributed by atoms with Gasteiger partial charge in [-0.05, 0) is 43.7 Å². The molecule has 0 atom stereocenters. The first-order chi connectivity index (χ1) is 10.4. The topological polar surface area (TPSA) is 54.5 Å². The number of hydrogen-bond donors (Lipinski definition) is 0. The normalized spacial score (nSPS) is 11.2. The van der Waals surface area contributed by atoms with E-state index in [1.165, 1.54) is 12.1 Å². The van der Waals surface area contributed by atoms with E-state index in [0.717, 1.165) is 15.4 Å². The number of carbonyl (C=O) groups excluding carboxylic acids is 1. The molecule has 0 bridgehead atoms. The zero-order valence-electron chi connectivity index (χ0n) is 12.9. The Morgan fingerprint density at radius 1 is 1.00 bits per heavy atom. The number of amides is 1. The number of benzene rings is 2. The van der Waals surface area contributed by atoms with Crippen LogP contribution < -0.4 is 4.31 Å². The minimum atomic E-state index is -3.92. The van der Waals surface area contributed by atoms with Gasteiger partial charge in [-0.3, -0.25) is 4.79 Å². The van der Waals surface area contributed by atoms with Crippen LogP contribution in [0.3, 0.4) is 0 Å². The van der Waals surface area contributed by atoms with Crippen molar-refractivity contribution in [1.29, 1.82) is 0 Å². The van der Waals surface area contributed by atoms with E-state index in [4.69, 9.17) is 0 Å². The van der Waals surface area contributed by atoms with Crippen LogP contribution >= 0.6 is 0 Å². The van der Waals surface area contributed by atoms with Crippen LogP contribution in [0, 0.1) is 13.8 Å². The van der Waals surface area contributed by atoms with Gasteiger partial charge in [0.2, 0.25) is 5.91 Å². The zero-order valence-corrected chi connectivity index (χ0v) is 13.7. The molecule has 0 radical (unpaired) electrons. The van der Waals surface area contributed by atoms with E-state index in [0.29, 0.717) is 5.69 Å². The van der Waals surface area contributed by atoms with E-state index in [9.17, 15) is 13.2 Å². The van der Waals surface area contributed by atoms with E-state index in [2.05, 4.69) is 0 Å². The van der Waals surface area contributed by atoms with Crippen molar-refractivity contribution in [2.75, 3.05) is 4.31 Å². The van der Waals surface area contributed by atoms with Crippen molar-refractivity contribution >= 4 is 21.6 Å². The van der Waals surface area contributed by atoms with Crippen molar-refractivity contribution in [2.45, 2.75) is 32.1 Å². The second kappa shape index (κ2) is 6.32. The lowest BCUT2D eigenvalue weighted by Crippen LogP contribution is -2.36. The van der Waals surface area contributed by atoms with Gasteiger partial charge in [-0.15, -0.1) is 0 Å². The number of nitrogens with zero attached hydrogens (tertiary/aromatic N) is 1. The number of sulfonamides is 1. The predicted molar refractivity (Wildman–Crippen MR) is 87.3 cm³/mol. The molecule has 0 unspecified atom stereocenters. The fraction of sp³-hybridized carbons (Fsp3) is 0.235. The van der Waals surface area contributed by atoms with Crippen LogP contribution in [0.25, 0.3) is 0 Å². The Hall–Kier alpha value is -2.14. The van der Waals surface area contributed by atoms with Gasteiger partial charge in [0.1, 0.15) is 0 Å². The maximum atomic E-state index is 12.9. The van der Waals surface area contributed by atoms with Crippen molar-refractivity contribution in [3.63, 3.8) is 0 Å². The molecule has 0 saturated heterocycles. The second-order valence-corrected chi connectivity index (χ2v) is 6.96. The standard InChI is InChI=1S/C17H19NO3S/c1-4-17(19)18(15-7-5-6-14(3)12-15)22(20,21)16-10-8-13(2)9-11-16/h5-12H,4H2,1-3H3. The van der Waals surface area contributed by atoms with Gasteiger partial charge in [0.25, 0.3) is 10.0 Å². The molecule has 2 aromatic carbocycles. The van der Waals surface area contributed by atoms with E-state index in [-0.39, 0.29) is 11.3 Å². The molecule has 0 aliphatic rings. The average Bonchev–Trinajstić information content (AvgIpc) is 2.47. The maximum Gasteiger partial charge on any atom is 0.270 e. The Morgan fingerprint density at radius 3 is 2.18 bits per heavy atom.